The number of fused-ring (bicyclic) bond motifs is 4. The van der Waals surface area contributed by atoms with Gasteiger partial charge in [-0.1, -0.05) is 26.8 Å². The number of aliphatic hydroxyl groups excluding tert-OH is 2. The van der Waals surface area contributed by atoms with E-state index in [0.29, 0.717) is 12.0 Å². The maximum Gasteiger partial charge on any atom is 0.334 e. The van der Waals surface area contributed by atoms with Crippen LogP contribution in [0, 0.1) is 22.7 Å². The summed E-state index contributed by atoms with van der Waals surface area (Å²) in [4.78, 5) is 11.9. The highest BCUT2D eigenvalue weighted by Gasteiger charge is 2.59. The SMILES string of the molecule is CC1=C2C=C3C(O)CC4C(C)(C)C(O)CCC4(C)C3CC2OC1=O. The van der Waals surface area contributed by atoms with E-state index < -0.39 is 6.10 Å². The smallest absolute Gasteiger partial charge is 0.334 e. The second-order valence-corrected chi connectivity index (χ2v) is 9.09. The first-order valence-electron chi connectivity index (χ1n) is 9.15. The Morgan fingerprint density at radius 3 is 2.62 bits per heavy atom. The molecule has 24 heavy (non-hydrogen) atoms. The van der Waals surface area contributed by atoms with Crippen LogP contribution in [0.25, 0.3) is 0 Å². The van der Waals surface area contributed by atoms with Crippen LogP contribution < -0.4 is 0 Å². The van der Waals surface area contributed by atoms with Gasteiger partial charge in [0, 0.05) is 11.1 Å². The van der Waals surface area contributed by atoms with E-state index in [1.807, 2.05) is 13.0 Å². The van der Waals surface area contributed by atoms with Crippen molar-refractivity contribution in [1.82, 2.24) is 0 Å². The van der Waals surface area contributed by atoms with Crippen LogP contribution in [0.3, 0.4) is 0 Å². The van der Waals surface area contributed by atoms with Crippen molar-refractivity contribution in [1.29, 1.82) is 0 Å². The molecule has 2 N–H and O–H groups in total. The molecule has 0 radical (unpaired) electrons. The summed E-state index contributed by atoms with van der Waals surface area (Å²) in [7, 11) is 0. The van der Waals surface area contributed by atoms with Crippen LogP contribution in [0.1, 0.15) is 53.4 Å². The van der Waals surface area contributed by atoms with Gasteiger partial charge < -0.3 is 14.9 Å². The van der Waals surface area contributed by atoms with Crippen molar-refractivity contribution in [3.63, 3.8) is 0 Å². The normalized spacial score (nSPS) is 46.7. The summed E-state index contributed by atoms with van der Waals surface area (Å²) in [6, 6.07) is 0. The number of carbonyl (C=O) groups is 1. The number of esters is 1. The number of aliphatic hydroxyl groups is 2. The van der Waals surface area contributed by atoms with E-state index in [0.717, 1.165) is 30.4 Å². The molecule has 0 amide bonds. The number of ether oxygens (including phenoxy) is 1. The maximum absolute atomic E-state index is 11.9. The second-order valence-electron chi connectivity index (χ2n) is 9.09. The third-order valence-corrected chi connectivity index (χ3v) is 7.66. The highest BCUT2D eigenvalue weighted by atomic mass is 16.5. The van der Waals surface area contributed by atoms with Gasteiger partial charge in [-0.05, 0) is 60.8 Å². The Labute approximate surface area is 143 Å². The minimum atomic E-state index is -0.491. The summed E-state index contributed by atoms with van der Waals surface area (Å²) in [6.07, 6.45) is 4.28. The molecular weight excluding hydrogens is 304 g/mol. The largest absolute Gasteiger partial charge is 0.454 e. The number of rotatable bonds is 0. The lowest BCUT2D eigenvalue weighted by Crippen LogP contribution is -2.58. The van der Waals surface area contributed by atoms with Gasteiger partial charge >= 0.3 is 5.97 Å². The van der Waals surface area contributed by atoms with E-state index >= 15 is 0 Å². The molecule has 0 aromatic heterocycles. The van der Waals surface area contributed by atoms with E-state index in [9.17, 15) is 15.0 Å². The predicted octanol–water partition coefficient (Wildman–Crippen LogP) is 2.74. The fraction of sp³-hybridized carbons (Fsp3) is 0.750. The zero-order chi connectivity index (χ0) is 17.4. The molecular formula is C20H28O4. The third kappa shape index (κ3) is 1.96. The predicted molar refractivity (Wildman–Crippen MR) is 90.0 cm³/mol. The molecule has 4 aliphatic rings. The van der Waals surface area contributed by atoms with Gasteiger partial charge in [0.2, 0.25) is 0 Å². The van der Waals surface area contributed by atoms with Gasteiger partial charge in [0.25, 0.3) is 0 Å². The molecule has 6 atom stereocenters. The minimum absolute atomic E-state index is 0.0300. The molecule has 1 heterocycles. The highest BCUT2D eigenvalue weighted by Crippen LogP contribution is 2.63. The summed E-state index contributed by atoms with van der Waals surface area (Å²) in [6.45, 7) is 8.40. The molecule has 132 valence electrons. The van der Waals surface area contributed by atoms with Gasteiger partial charge in [-0.15, -0.1) is 0 Å². The molecule has 0 spiro atoms. The fourth-order valence-electron chi connectivity index (χ4n) is 6.05. The molecule has 1 aliphatic heterocycles. The molecule has 4 rings (SSSR count). The maximum atomic E-state index is 11.9. The van der Waals surface area contributed by atoms with E-state index in [-0.39, 0.29) is 40.8 Å². The second kappa shape index (κ2) is 4.95. The average Bonchev–Trinajstić information content (AvgIpc) is 2.80. The zero-order valence-corrected chi connectivity index (χ0v) is 15.0. The third-order valence-electron chi connectivity index (χ3n) is 7.66. The Morgan fingerprint density at radius 1 is 1.21 bits per heavy atom. The molecule has 0 saturated heterocycles. The Kier molecular flexibility index (Phi) is 3.37. The Bertz CT molecular complexity index is 659. The van der Waals surface area contributed by atoms with Gasteiger partial charge in [0.1, 0.15) is 6.10 Å². The van der Waals surface area contributed by atoms with Crippen LogP contribution >= 0.6 is 0 Å². The van der Waals surface area contributed by atoms with E-state index in [1.54, 1.807) is 0 Å². The van der Waals surface area contributed by atoms with Crippen molar-refractivity contribution in [2.24, 2.45) is 22.7 Å². The van der Waals surface area contributed by atoms with Gasteiger partial charge in [-0.2, -0.15) is 0 Å². The molecule has 4 heteroatoms. The van der Waals surface area contributed by atoms with E-state index in [4.69, 9.17) is 4.74 Å². The molecule has 2 fully saturated rings. The molecule has 3 aliphatic carbocycles. The average molecular weight is 332 g/mol. The summed E-state index contributed by atoms with van der Waals surface area (Å²) in [5.41, 5.74) is 2.54. The Balaban J connectivity index is 1.78. The van der Waals surface area contributed by atoms with Crippen molar-refractivity contribution < 1.29 is 19.7 Å². The van der Waals surface area contributed by atoms with Crippen molar-refractivity contribution in [2.45, 2.75) is 71.7 Å². The van der Waals surface area contributed by atoms with Crippen molar-refractivity contribution >= 4 is 5.97 Å². The summed E-state index contributed by atoms with van der Waals surface area (Å²) in [5.74, 6) is 0.251. The van der Waals surface area contributed by atoms with Crippen molar-refractivity contribution in [2.75, 3.05) is 0 Å². The number of carbonyl (C=O) groups excluding carboxylic acids is 1. The van der Waals surface area contributed by atoms with Crippen molar-refractivity contribution in [3.8, 4) is 0 Å². The lowest BCUT2D eigenvalue weighted by molar-refractivity contribution is -0.151. The van der Waals surface area contributed by atoms with Gasteiger partial charge in [0.05, 0.1) is 12.2 Å². The zero-order valence-electron chi connectivity index (χ0n) is 15.0. The Morgan fingerprint density at radius 2 is 1.92 bits per heavy atom. The van der Waals surface area contributed by atoms with Gasteiger partial charge in [-0.25, -0.2) is 4.79 Å². The summed E-state index contributed by atoms with van der Waals surface area (Å²) < 4.78 is 5.57. The molecule has 0 aromatic carbocycles. The molecule has 2 saturated carbocycles. The standard InChI is InChI=1S/C20H28O4/c1-10-11-7-12-13(8-15(11)24-18(10)23)20(4)6-5-17(22)19(2,3)16(20)9-14(12)21/h7,13-17,21-22H,5-6,8-9H2,1-4H3. The Hall–Kier alpha value is -1.13. The van der Waals surface area contributed by atoms with Crippen LogP contribution in [0.15, 0.2) is 22.8 Å². The molecule has 0 aromatic rings. The van der Waals surface area contributed by atoms with Crippen LogP contribution in [0.5, 0.6) is 0 Å². The first-order valence-corrected chi connectivity index (χ1v) is 9.15. The highest BCUT2D eigenvalue weighted by molar-refractivity contribution is 5.92. The van der Waals surface area contributed by atoms with E-state index in [2.05, 4.69) is 20.8 Å². The topological polar surface area (TPSA) is 66.8 Å². The van der Waals surface area contributed by atoms with Gasteiger partial charge in [0.15, 0.2) is 0 Å². The van der Waals surface area contributed by atoms with Gasteiger partial charge in [-0.3, -0.25) is 0 Å². The monoisotopic (exact) mass is 332 g/mol. The lowest BCUT2D eigenvalue weighted by Gasteiger charge is -2.61. The molecule has 4 nitrogen and oxygen atoms in total. The minimum Gasteiger partial charge on any atom is -0.454 e. The summed E-state index contributed by atoms with van der Waals surface area (Å²) in [5, 5.41) is 21.4. The van der Waals surface area contributed by atoms with Crippen LogP contribution in [0.2, 0.25) is 0 Å². The number of hydrogen-bond acceptors (Lipinski definition) is 4. The van der Waals surface area contributed by atoms with E-state index in [1.165, 1.54) is 0 Å². The summed E-state index contributed by atoms with van der Waals surface area (Å²) >= 11 is 0. The quantitative estimate of drug-likeness (QED) is 0.670. The van der Waals surface area contributed by atoms with Crippen molar-refractivity contribution in [3.05, 3.63) is 22.8 Å². The van der Waals surface area contributed by atoms with Crippen LogP contribution in [-0.4, -0.2) is 34.5 Å². The molecule has 6 unspecified atom stereocenters. The van der Waals surface area contributed by atoms with Crippen LogP contribution in [-0.2, 0) is 9.53 Å². The number of hydrogen-bond donors (Lipinski definition) is 2. The van der Waals surface area contributed by atoms with Crippen LogP contribution in [0.4, 0.5) is 0 Å². The molecule has 0 bridgehead atoms. The fourth-order valence-corrected chi connectivity index (χ4v) is 6.05. The first kappa shape index (κ1) is 16.3. The first-order chi connectivity index (χ1) is 11.2. The lowest BCUT2D eigenvalue weighted by atomic mass is 9.45.